The first-order valence-corrected chi connectivity index (χ1v) is 9.78. The van der Waals surface area contributed by atoms with Crippen LogP contribution in [0.3, 0.4) is 0 Å². The summed E-state index contributed by atoms with van der Waals surface area (Å²) in [6.45, 7) is 1.96. The predicted molar refractivity (Wildman–Crippen MR) is 120 cm³/mol. The Morgan fingerprint density at radius 2 is 1.29 bits per heavy atom. The highest BCUT2D eigenvalue weighted by molar-refractivity contribution is 6.28. The van der Waals surface area contributed by atoms with E-state index in [0.29, 0.717) is 29.0 Å². The fraction of sp³-hybridized carbons (Fsp3) is 0.200. The van der Waals surface area contributed by atoms with Crippen molar-refractivity contribution in [1.29, 1.82) is 0 Å². The van der Waals surface area contributed by atoms with Crippen LogP contribution in [-0.4, -0.2) is 36.0 Å². The third kappa shape index (κ3) is 6.60. The lowest BCUT2D eigenvalue weighted by Crippen LogP contribution is -2.08. The average Bonchev–Trinajstić information content (AvgIpc) is 2.78. The van der Waals surface area contributed by atoms with Crippen LogP contribution >= 0.6 is 0 Å². The molecule has 0 saturated carbocycles. The molecule has 0 unspecified atom stereocenters. The molecule has 0 atom stereocenters. The van der Waals surface area contributed by atoms with Crippen molar-refractivity contribution >= 4 is 23.7 Å². The van der Waals surface area contributed by atoms with Gasteiger partial charge in [-0.05, 0) is 54.0 Å². The first-order chi connectivity index (χ1) is 14.9. The van der Waals surface area contributed by atoms with E-state index in [0.717, 1.165) is 6.42 Å². The van der Waals surface area contributed by atoms with E-state index < -0.39 is 11.6 Å². The number of unbranched alkanes of at least 4 members (excludes halogenated alkanes) is 1. The van der Waals surface area contributed by atoms with Crippen molar-refractivity contribution in [1.82, 2.24) is 0 Å². The average molecular weight is 422 g/mol. The summed E-state index contributed by atoms with van der Waals surface area (Å²) in [5, 5.41) is 19.3. The van der Waals surface area contributed by atoms with Gasteiger partial charge < -0.3 is 19.7 Å². The molecule has 0 radical (unpaired) electrons. The lowest BCUT2D eigenvalue weighted by Gasteiger charge is -2.04. The minimum Gasteiger partial charge on any atom is -0.504 e. The van der Waals surface area contributed by atoms with Gasteiger partial charge in [0, 0.05) is 0 Å². The Morgan fingerprint density at radius 3 is 1.68 bits per heavy atom. The number of phenols is 2. The second kappa shape index (κ2) is 11.4. The summed E-state index contributed by atoms with van der Waals surface area (Å²) < 4.78 is 10.1. The molecule has 0 fully saturated rings. The highest BCUT2D eigenvalue weighted by Gasteiger charge is 2.13. The van der Waals surface area contributed by atoms with Crippen molar-refractivity contribution in [3.05, 3.63) is 71.3 Å². The van der Waals surface area contributed by atoms with Gasteiger partial charge in [-0.15, -0.1) is 0 Å². The summed E-state index contributed by atoms with van der Waals surface area (Å²) in [6.07, 6.45) is 8.79. The van der Waals surface area contributed by atoms with Gasteiger partial charge in [-0.1, -0.05) is 43.7 Å². The number of phenolic OH excluding ortho intramolecular Hbond substituents is 2. The number of carbonyl (C=O) groups excluding carboxylic acids is 2. The molecule has 0 amide bonds. The van der Waals surface area contributed by atoms with E-state index in [9.17, 15) is 19.8 Å². The molecule has 2 rings (SSSR count). The first kappa shape index (κ1) is 23.5. The molecule has 0 spiro atoms. The Balaban J connectivity index is 2.22. The third-order valence-corrected chi connectivity index (χ3v) is 4.43. The first-order valence-electron chi connectivity index (χ1n) is 9.78. The molecule has 0 heterocycles. The zero-order valence-electron chi connectivity index (χ0n) is 17.8. The van der Waals surface area contributed by atoms with Crippen molar-refractivity contribution in [3.8, 4) is 23.0 Å². The van der Waals surface area contributed by atoms with E-state index in [1.54, 1.807) is 42.5 Å². The fourth-order valence-electron chi connectivity index (χ4n) is 2.73. The predicted octanol–water partition coefficient (Wildman–Crippen LogP) is 4.71. The van der Waals surface area contributed by atoms with Crippen molar-refractivity contribution in [3.63, 3.8) is 0 Å². The van der Waals surface area contributed by atoms with Gasteiger partial charge in [0.15, 0.2) is 34.6 Å². The van der Waals surface area contributed by atoms with Gasteiger partial charge in [-0.25, -0.2) is 0 Å². The smallest absolute Gasteiger partial charge is 0.189 e. The Kier molecular flexibility index (Phi) is 8.64. The van der Waals surface area contributed by atoms with Crippen LogP contribution in [0.5, 0.6) is 23.0 Å². The van der Waals surface area contributed by atoms with Crippen LogP contribution in [0.4, 0.5) is 0 Å². The molecule has 0 bridgehead atoms. The maximum atomic E-state index is 12.7. The molecule has 0 aliphatic carbocycles. The molecule has 0 saturated heterocycles. The molecular weight excluding hydrogens is 396 g/mol. The van der Waals surface area contributed by atoms with E-state index in [1.165, 1.54) is 38.5 Å². The molecule has 31 heavy (non-hydrogen) atoms. The Bertz CT molecular complexity index is 953. The number of methoxy groups -OCH3 is 2. The molecule has 0 aliphatic rings. The Hall–Kier alpha value is -3.80. The summed E-state index contributed by atoms with van der Waals surface area (Å²) in [4.78, 5) is 25.4. The van der Waals surface area contributed by atoms with Crippen LogP contribution in [0.15, 0.2) is 60.2 Å². The molecule has 0 aliphatic heterocycles. The zero-order chi connectivity index (χ0) is 22.8. The number of rotatable bonds is 10. The van der Waals surface area contributed by atoms with E-state index in [2.05, 4.69) is 0 Å². The number of hydrogen-bond donors (Lipinski definition) is 2. The lowest BCUT2D eigenvalue weighted by atomic mass is 10.0. The topological polar surface area (TPSA) is 93.1 Å². The van der Waals surface area contributed by atoms with Crippen LogP contribution in [-0.2, 0) is 9.59 Å². The quantitative estimate of drug-likeness (QED) is 0.327. The fourth-order valence-corrected chi connectivity index (χ4v) is 2.73. The van der Waals surface area contributed by atoms with Gasteiger partial charge in [-0.3, -0.25) is 9.59 Å². The van der Waals surface area contributed by atoms with Crippen LogP contribution in [0.25, 0.3) is 12.2 Å². The number of allylic oxidation sites excluding steroid dienone is 4. The number of hydrogen-bond acceptors (Lipinski definition) is 6. The second-order valence-electron chi connectivity index (χ2n) is 6.66. The monoisotopic (exact) mass is 422 g/mol. The van der Waals surface area contributed by atoms with Gasteiger partial charge >= 0.3 is 0 Å². The van der Waals surface area contributed by atoms with Gasteiger partial charge in [0.1, 0.15) is 0 Å². The molecule has 2 aromatic rings. The van der Waals surface area contributed by atoms with Crippen LogP contribution in [0.1, 0.15) is 30.9 Å². The summed E-state index contributed by atoms with van der Waals surface area (Å²) in [5.41, 5.74) is 1.37. The van der Waals surface area contributed by atoms with Crippen LogP contribution < -0.4 is 9.47 Å². The molecule has 2 aromatic carbocycles. The summed E-state index contributed by atoms with van der Waals surface area (Å²) in [7, 11) is 2.88. The van der Waals surface area contributed by atoms with Crippen LogP contribution in [0.2, 0.25) is 0 Å². The highest BCUT2D eigenvalue weighted by atomic mass is 16.5. The lowest BCUT2D eigenvalue weighted by molar-refractivity contribution is -0.116. The van der Waals surface area contributed by atoms with Gasteiger partial charge in [-0.2, -0.15) is 0 Å². The van der Waals surface area contributed by atoms with Crippen molar-refractivity contribution in [2.75, 3.05) is 14.2 Å². The number of carbonyl (C=O) groups is 2. The number of ketones is 2. The van der Waals surface area contributed by atoms with Crippen molar-refractivity contribution in [2.24, 2.45) is 0 Å². The Morgan fingerprint density at radius 1 is 0.839 bits per heavy atom. The largest absolute Gasteiger partial charge is 0.504 e. The molecule has 2 N–H and O–H groups in total. The zero-order valence-corrected chi connectivity index (χ0v) is 17.8. The number of ether oxygens (including phenoxy) is 2. The van der Waals surface area contributed by atoms with E-state index in [1.807, 2.05) is 6.92 Å². The van der Waals surface area contributed by atoms with Gasteiger partial charge in [0.05, 0.1) is 19.8 Å². The van der Waals surface area contributed by atoms with Crippen molar-refractivity contribution < 1.29 is 29.3 Å². The number of benzene rings is 2. The van der Waals surface area contributed by atoms with Crippen molar-refractivity contribution in [2.45, 2.75) is 19.8 Å². The molecule has 6 nitrogen and oxygen atoms in total. The third-order valence-electron chi connectivity index (χ3n) is 4.43. The second-order valence-corrected chi connectivity index (χ2v) is 6.66. The SMILES string of the molecule is CCCC=C(C(=O)/C=C/c1ccc(O)c(OC)c1)C(=O)/C=C/c1ccc(O)c(OC)c1. The molecule has 6 heteroatoms. The highest BCUT2D eigenvalue weighted by Crippen LogP contribution is 2.27. The van der Waals surface area contributed by atoms with E-state index in [-0.39, 0.29) is 17.1 Å². The summed E-state index contributed by atoms with van der Waals surface area (Å²) in [6, 6.07) is 9.39. The van der Waals surface area contributed by atoms with Gasteiger partial charge in [0.2, 0.25) is 0 Å². The number of aromatic hydroxyl groups is 2. The molecule has 162 valence electrons. The standard InChI is InChI=1S/C25H26O6/c1-4-5-6-19(20(26)11-7-17-9-13-22(28)24(15-17)30-2)21(27)12-8-18-10-14-23(29)25(16-18)31-3/h6-16,28-29H,4-5H2,1-3H3/b11-7+,12-8+. The minimum absolute atomic E-state index is 0.000633. The molecular formula is C25H26O6. The van der Waals surface area contributed by atoms with E-state index in [4.69, 9.17) is 9.47 Å². The van der Waals surface area contributed by atoms with Crippen LogP contribution in [0, 0.1) is 0 Å². The normalized spacial score (nSPS) is 10.9. The summed E-state index contributed by atoms with van der Waals surface area (Å²) >= 11 is 0. The minimum atomic E-state index is -0.418. The maximum absolute atomic E-state index is 12.7. The Labute approximate surface area is 181 Å². The van der Waals surface area contributed by atoms with E-state index >= 15 is 0 Å². The molecule has 0 aromatic heterocycles. The maximum Gasteiger partial charge on any atom is 0.189 e. The van der Waals surface area contributed by atoms with Gasteiger partial charge in [0.25, 0.3) is 0 Å². The summed E-state index contributed by atoms with van der Waals surface area (Å²) in [5.74, 6) is -0.252.